The maximum absolute atomic E-state index is 12.8. The Hall–Kier alpha value is -2.41. The second-order valence-electron chi connectivity index (χ2n) is 4.76. The van der Waals surface area contributed by atoms with Gasteiger partial charge in [0.15, 0.2) is 9.84 Å². The maximum Gasteiger partial charge on any atom is 0.251 e. The third-order valence-corrected chi connectivity index (χ3v) is 4.89. The van der Waals surface area contributed by atoms with Gasteiger partial charge < -0.3 is 10.1 Å². The van der Waals surface area contributed by atoms with Gasteiger partial charge in [-0.1, -0.05) is 6.07 Å². The molecule has 5 nitrogen and oxygen atoms in total. The molecule has 0 unspecified atom stereocenters. The maximum atomic E-state index is 12.8. The number of carbonyl (C=O) groups is 1. The fourth-order valence-corrected chi connectivity index (χ4v) is 3.08. The predicted octanol–water partition coefficient (Wildman–Crippen LogP) is 2.04. The molecule has 0 saturated carbocycles. The number of methoxy groups -OCH3 is 1. The highest BCUT2D eigenvalue weighted by Crippen LogP contribution is 2.13. The first-order valence-corrected chi connectivity index (χ1v) is 8.48. The van der Waals surface area contributed by atoms with Crippen LogP contribution >= 0.6 is 0 Å². The molecule has 0 aliphatic rings. The van der Waals surface area contributed by atoms with Crippen LogP contribution in [0.2, 0.25) is 0 Å². The Balaban J connectivity index is 1.95. The lowest BCUT2D eigenvalue weighted by Gasteiger charge is -2.08. The molecule has 0 heterocycles. The van der Waals surface area contributed by atoms with E-state index in [2.05, 4.69) is 5.32 Å². The van der Waals surface area contributed by atoms with Gasteiger partial charge in [0, 0.05) is 12.1 Å². The van der Waals surface area contributed by atoms with Crippen LogP contribution in [0.3, 0.4) is 0 Å². The molecule has 1 N–H and O–H groups in total. The van der Waals surface area contributed by atoms with Gasteiger partial charge in [-0.15, -0.1) is 0 Å². The molecule has 2 aromatic carbocycles. The van der Waals surface area contributed by atoms with Crippen molar-refractivity contribution in [2.24, 2.45) is 0 Å². The predicted molar refractivity (Wildman–Crippen MR) is 83.8 cm³/mol. The van der Waals surface area contributed by atoms with Crippen LogP contribution in [0.25, 0.3) is 0 Å². The van der Waals surface area contributed by atoms with Crippen molar-refractivity contribution in [1.82, 2.24) is 5.32 Å². The molecule has 23 heavy (non-hydrogen) atoms. The lowest BCUT2D eigenvalue weighted by atomic mass is 10.2. The van der Waals surface area contributed by atoms with Gasteiger partial charge in [0.2, 0.25) is 0 Å². The second kappa shape index (κ2) is 7.23. The molecule has 2 rings (SSSR count). The molecular formula is C16H16FNO4S. The van der Waals surface area contributed by atoms with E-state index in [1.54, 1.807) is 24.3 Å². The Morgan fingerprint density at radius 2 is 1.87 bits per heavy atom. The van der Waals surface area contributed by atoms with Crippen LogP contribution in [-0.4, -0.2) is 33.7 Å². The number of halogens is 1. The van der Waals surface area contributed by atoms with Crippen LogP contribution < -0.4 is 10.1 Å². The van der Waals surface area contributed by atoms with E-state index in [1.165, 1.54) is 19.2 Å². The molecular weight excluding hydrogens is 321 g/mol. The molecule has 7 heteroatoms. The van der Waals surface area contributed by atoms with Crippen molar-refractivity contribution in [3.63, 3.8) is 0 Å². The third kappa shape index (κ3) is 4.53. The van der Waals surface area contributed by atoms with E-state index in [9.17, 15) is 17.6 Å². The van der Waals surface area contributed by atoms with Gasteiger partial charge in [-0.25, -0.2) is 12.8 Å². The number of amides is 1. The number of hydrogen-bond donors (Lipinski definition) is 1. The Bertz CT molecular complexity index is 788. The summed E-state index contributed by atoms with van der Waals surface area (Å²) in [5.74, 6) is -0.626. The average Bonchev–Trinajstić information content (AvgIpc) is 2.55. The van der Waals surface area contributed by atoms with E-state index in [4.69, 9.17) is 4.74 Å². The number of rotatable bonds is 6. The van der Waals surface area contributed by atoms with Crippen LogP contribution in [-0.2, 0) is 9.84 Å². The van der Waals surface area contributed by atoms with E-state index in [1.807, 2.05) is 0 Å². The monoisotopic (exact) mass is 337 g/mol. The summed E-state index contributed by atoms with van der Waals surface area (Å²) in [6.07, 6.45) is 0. The Kier molecular flexibility index (Phi) is 5.33. The van der Waals surface area contributed by atoms with Gasteiger partial charge in [0.25, 0.3) is 5.91 Å². The molecule has 2 aromatic rings. The van der Waals surface area contributed by atoms with Gasteiger partial charge in [-0.2, -0.15) is 0 Å². The number of benzene rings is 2. The number of carbonyl (C=O) groups excluding carboxylic acids is 1. The van der Waals surface area contributed by atoms with Crippen molar-refractivity contribution < 1.29 is 22.3 Å². The Morgan fingerprint density at radius 3 is 2.52 bits per heavy atom. The molecule has 0 fully saturated rings. The van der Waals surface area contributed by atoms with Crippen LogP contribution in [0.5, 0.6) is 5.75 Å². The quantitative estimate of drug-likeness (QED) is 0.819. The van der Waals surface area contributed by atoms with Gasteiger partial charge in [0.05, 0.1) is 17.8 Å². The SMILES string of the molecule is COc1cccc(C(=O)NCCS(=O)(=O)c2ccc(F)cc2)c1. The zero-order chi connectivity index (χ0) is 16.9. The van der Waals surface area contributed by atoms with Gasteiger partial charge >= 0.3 is 0 Å². The number of sulfone groups is 1. The minimum atomic E-state index is -3.57. The highest BCUT2D eigenvalue weighted by Gasteiger charge is 2.15. The molecule has 0 spiro atoms. The summed E-state index contributed by atoms with van der Waals surface area (Å²) < 4.78 is 42.0. The topological polar surface area (TPSA) is 72.5 Å². The molecule has 0 atom stereocenters. The van der Waals surface area contributed by atoms with Crippen molar-refractivity contribution in [2.45, 2.75) is 4.90 Å². The van der Waals surface area contributed by atoms with E-state index >= 15 is 0 Å². The molecule has 0 bridgehead atoms. The molecule has 0 aliphatic heterocycles. The largest absolute Gasteiger partial charge is 0.497 e. The molecule has 0 aliphatic carbocycles. The lowest BCUT2D eigenvalue weighted by Crippen LogP contribution is -2.29. The zero-order valence-corrected chi connectivity index (χ0v) is 13.3. The summed E-state index contributed by atoms with van der Waals surface area (Å²) in [4.78, 5) is 12.0. The lowest BCUT2D eigenvalue weighted by molar-refractivity contribution is 0.0956. The number of hydrogen-bond acceptors (Lipinski definition) is 4. The standard InChI is InChI=1S/C16H16FNO4S/c1-22-14-4-2-3-12(11-14)16(19)18-9-10-23(20,21)15-7-5-13(17)6-8-15/h2-8,11H,9-10H2,1H3,(H,18,19). The first-order chi connectivity index (χ1) is 10.9. The number of nitrogens with one attached hydrogen (secondary N) is 1. The smallest absolute Gasteiger partial charge is 0.251 e. The Morgan fingerprint density at radius 1 is 1.17 bits per heavy atom. The van der Waals surface area contributed by atoms with E-state index in [-0.39, 0.29) is 17.2 Å². The first kappa shape index (κ1) is 17.0. The van der Waals surface area contributed by atoms with Crippen LogP contribution in [0.4, 0.5) is 4.39 Å². The molecule has 0 aromatic heterocycles. The summed E-state index contributed by atoms with van der Waals surface area (Å²) in [5, 5.41) is 2.54. The van der Waals surface area contributed by atoms with E-state index in [0.29, 0.717) is 11.3 Å². The van der Waals surface area contributed by atoms with Crippen LogP contribution in [0, 0.1) is 5.82 Å². The van der Waals surface area contributed by atoms with Gasteiger partial charge in [-0.05, 0) is 42.5 Å². The summed E-state index contributed by atoms with van der Waals surface area (Å²) in [7, 11) is -2.08. The van der Waals surface area contributed by atoms with Crippen molar-refractivity contribution in [2.75, 3.05) is 19.4 Å². The fourth-order valence-electron chi connectivity index (χ4n) is 1.93. The molecule has 122 valence electrons. The normalized spacial score (nSPS) is 11.0. The van der Waals surface area contributed by atoms with Crippen molar-refractivity contribution in [1.29, 1.82) is 0 Å². The van der Waals surface area contributed by atoms with Gasteiger partial charge in [0.1, 0.15) is 11.6 Å². The number of ether oxygens (including phenoxy) is 1. The van der Waals surface area contributed by atoms with Gasteiger partial charge in [-0.3, -0.25) is 4.79 Å². The van der Waals surface area contributed by atoms with Crippen LogP contribution in [0.1, 0.15) is 10.4 Å². The summed E-state index contributed by atoms with van der Waals surface area (Å²) in [5.41, 5.74) is 0.378. The molecule has 0 radical (unpaired) electrons. The van der Waals surface area contributed by atoms with Crippen molar-refractivity contribution in [3.05, 3.63) is 59.9 Å². The molecule has 1 amide bonds. The highest BCUT2D eigenvalue weighted by molar-refractivity contribution is 7.91. The zero-order valence-electron chi connectivity index (χ0n) is 12.5. The van der Waals surface area contributed by atoms with Crippen molar-refractivity contribution in [3.8, 4) is 5.75 Å². The first-order valence-electron chi connectivity index (χ1n) is 6.83. The third-order valence-electron chi connectivity index (χ3n) is 3.16. The second-order valence-corrected chi connectivity index (χ2v) is 6.87. The summed E-state index contributed by atoms with van der Waals surface area (Å²) in [6.45, 7) is -0.0459. The fraction of sp³-hybridized carbons (Fsp3) is 0.188. The summed E-state index contributed by atoms with van der Waals surface area (Å²) >= 11 is 0. The van der Waals surface area contributed by atoms with Crippen LogP contribution in [0.15, 0.2) is 53.4 Å². The van der Waals surface area contributed by atoms with E-state index < -0.39 is 21.6 Å². The Labute approximate surface area is 134 Å². The minimum Gasteiger partial charge on any atom is -0.497 e. The molecule has 0 saturated heterocycles. The summed E-state index contributed by atoms with van der Waals surface area (Å²) in [6, 6.07) is 11.1. The highest BCUT2D eigenvalue weighted by atomic mass is 32.2. The van der Waals surface area contributed by atoms with E-state index in [0.717, 1.165) is 12.1 Å². The van der Waals surface area contributed by atoms with Crippen molar-refractivity contribution >= 4 is 15.7 Å². The average molecular weight is 337 g/mol. The minimum absolute atomic E-state index is 0.0227.